The monoisotopic (exact) mass is 391 g/mol. The highest BCUT2D eigenvalue weighted by molar-refractivity contribution is 6.26. The van der Waals surface area contributed by atoms with Crippen LogP contribution in [0.25, 0.3) is 0 Å². The Kier molecular flexibility index (Phi) is 8.93. The molecule has 1 aromatic rings. The van der Waals surface area contributed by atoms with Crippen molar-refractivity contribution in [2.75, 3.05) is 19.6 Å². The van der Waals surface area contributed by atoms with Crippen LogP contribution < -0.4 is 0 Å². The highest BCUT2D eigenvalue weighted by Crippen LogP contribution is 2.35. The molecule has 0 amide bonds. The summed E-state index contributed by atoms with van der Waals surface area (Å²) in [7, 11) is 6.09. The molecule has 0 bridgehead atoms. The van der Waals surface area contributed by atoms with Crippen molar-refractivity contribution in [3.8, 4) is 0 Å². The molecule has 1 aromatic carbocycles. The molecule has 2 radical (unpaired) electrons. The van der Waals surface area contributed by atoms with Crippen molar-refractivity contribution >= 4 is 13.8 Å². The highest BCUT2D eigenvalue weighted by atomic mass is 19.2. The van der Waals surface area contributed by atoms with E-state index in [1.807, 2.05) is 6.92 Å². The molecule has 0 spiro atoms. The molecule has 0 aromatic heterocycles. The van der Waals surface area contributed by atoms with Gasteiger partial charge in [-0.2, -0.15) is 0 Å². The number of unbranched alkanes of at least 4 members (excludes halogenated alkanes) is 2. The summed E-state index contributed by atoms with van der Waals surface area (Å²) in [5.41, 5.74) is 0.859. The molecule has 2 rings (SSSR count). The second-order valence-corrected chi connectivity index (χ2v) is 8.26. The average molecular weight is 391 g/mol. The third kappa shape index (κ3) is 6.87. The largest absolute Gasteiger partial charge is 0.481 e. The fraction of sp³-hybridized carbons (Fsp3) is 0.682. The minimum absolute atomic E-state index is 0.499. The molecule has 1 fully saturated rings. The predicted molar refractivity (Wildman–Crippen MR) is 109 cm³/mol. The van der Waals surface area contributed by atoms with E-state index in [1.165, 1.54) is 12.1 Å². The van der Waals surface area contributed by atoms with Gasteiger partial charge in [0.25, 0.3) is 0 Å². The lowest BCUT2D eigenvalue weighted by Gasteiger charge is -2.32. The number of hydrogen-bond acceptors (Lipinski definition) is 2. The first-order valence-corrected chi connectivity index (χ1v) is 10.5. The van der Waals surface area contributed by atoms with Gasteiger partial charge in [-0.05, 0) is 81.8 Å². The van der Waals surface area contributed by atoms with E-state index in [4.69, 9.17) is 7.85 Å². The van der Waals surface area contributed by atoms with E-state index in [2.05, 4.69) is 4.90 Å². The molecule has 1 heterocycles. The summed E-state index contributed by atoms with van der Waals surface area (Å²) >= 11 is 0. The number of benzene rings is 1. The Hall–Kier alpha value is -1.43. The SMILES string of the molecule is [B]C(CCCC)(CCCCN1CCC(Cc2ccc(F)c(F)c2)CC1)C(=O)O. The van der Waals surface area contributed by atoms with E-state index in [9.17, 15) is 18.7 Å². The van der Waals surface area contributed by atoms with Gasteiger partial charge >= 0.3 is 5.97 Å². The van der Waals surface area contributed by atoms with Crippen molar-refractivity contribution in [3.63, 3.8) is 0 Å². The Balaban J connectivity index is 1.67. The number of carboxylic acid groups (broad SMARTS) is 1. The quantitative estimate of drug-likeness (QED) is 0.427. The molecular weight excluding hydrogens is 359 g/mol. The van der Waals surface area contributed by atoms with Gasteiger partial charge in [0.05, 0.1) is 7.85 Å². The van der Waals surface area contributed by atoms with Crippen molar-refractivity contribution in [2.24, 2.45) is 5.92 Å². The molecule has 154 valence electrons. The van der Waals surface area contributed by atoms with Crippen molar-refractivity contribution in [3.05, 3.63) is 35.4 Å². The molecule has 1 N–H and O–H groups in total. The average Bonchev–Trinajstić information content (AvgIpc) is 2.67. The van der Waals surface area contributed by atoms with Crippen molar-refractivity contribution in [1.82, 2.24) is 4.90 Å². The number of aliphatic carboxylic acids is 1. The van der Waals surface area contributed by atoms with Gasteiger partial charge in [0.1, 0.15) is 0 Å². The van der Waals surface area contributed by atoms with E-state index in [0.717, 1.165) is 70.1 Å². The predicted octanol–water partition coefficient (Wildman–Crippen LogP) is 4.99. The van der Waals surface area contributed by atoms with Crippen molar-refractivity contribution < 1.29 is 18.7 Å². The molecule has 1 atom stereocenters. The first-order chi connectivity index (χ1) is 13.3. The van der Waals surface area contributed by atoms with Gasteiger partial charge in [0.2, 0.25) is 0 Å². The third-order valence-corrected chi connectivity index (χ3v) is 5.97. The Bertz CT molecular complexity index is 635. The van der Waals surface area contributed by atoms with E-state index in [1.54, 1.807) is 6.07 Å². The molecule has 1 saturated heterocycles. The standard InChI is InChI=1S/C22H32BF2NO2/c1-2-3-10-22(23,21(27)28)11-4-5-12-26-13-8-17(9-14-26)15-18-6-7-19(24)20(25)16-18/h6-7,16-17H,2-5,8-15H2,1H3,(H,27,28). The fourth-order valence-corrected chi connectivity index (χ4v) is 4.02. The van der Waals surface area contributed by atoms with Crippen LogP contribution in [-0.2, 0) is 11.2 Å². The molecule has 0 aliphatic carbocycles. The van der Waals surface area contributed by atoms with Crippen LogP contribution in [0.15, 0.2) is 18.2 Å². The maximum atomic E-state index is 13.3. The van der Waals surface area contributed by atoms with Crippen LogP contribution in [0.2, 0.25) is 5.31 Å². The van der Waals surface area contributed by atoms with Crippen LogP contribution in [0.3, 0.4) is 0 Å². The number of carboxylic acids is 1. The minimum atomic E-state index is -1.09. The number of nitrogens with zero attached hydrogens (tertiary/aromatic N) is 1. The summed E-state index contributed by atoms with van der Waals surface area (Å²) in [5, 5.41) is 8.32. The summed E-state index contributed by atoms with van der Waals surface area (Å²) in [6.45, 7) is 4.99. The maximum Gasteiger partial charge on any atom is 0.300 e. The third-order valence-electron chi connectivity index (χ3n) is 5.97. The summed E-state index contributed by atoms with van der Waals surface area (Å²) in [5.74, 6) is -1.96. The number of halogens is 2. The zero-order valence-electron chi connectivity index (χ0n) is 16.9. The summed E-state index contributed by atoms with van der Waals surface area (Å²) in [6.07, 6.45) is 7.50. The zero-order chi connectivity index (χ0) is 20.6. The van der Waals surface area contributed by atoms with Crippen LogP contribution in [0.1, 0.15) is 63.9 Å². The lowest BCUT2D eigenvalue weighted by atomic mass is 9.63. The Morgan fingerprint density at radius 3 is 2.46 bits per heavy atom. The number of carbonyl (C=O) groups is 1. The summed E-state index contributed by atoms with van der Waals surface area (Å²) in [4.78, 5) is 13.9. The molecule has 1 aliphatic rings. The van der Waals surface area contributed by atoms with Crippen molar-refractivity contribution in [1.29, 1.82) is 0 Å². The topological polar surface area (TPSA) is 40.5 Å². The number of piperidine rings is 1. The van der Waals surface area contributed by atoms with Crippen LogP contribution >= 0.6 is 0 Å². The number of hydrogen-bond donors (Lipinski definition) is 1. The lowest BCUT2D eigenvalue weighted by Crippen LogP contribution is -2.35. The molecule has 0 saturated carbocycles. The molecule has 3 nitrogen and oxygen atoms in total. The number of rotatable bonds is 11. The minimum Gasteiger partial charge on any atom is -0.481 e. The zero-order valence-corrected chi connectivity index (χ0v) is 16.9. The highest BCUT2D eigenvalue weighted by Gasteiger charge is 2.31. The second kappa shape index (κ2) is 10.9. The molecule has 28 heavy (non-hydrogen) atoms. The second-order valence-electron chi connectivity index (χ2n) is 8.26. The molecule has 6 heteroatoms. The first-order valence-electron chi connectivity index (χ1n) is 10.5. The van der Waals surface area contributed by atoms with Crippen LogP contribution in [0.5, 0.6) is 0 Å². The van der Waals surface area contributed by atoms with Crippen molar-refractivity contribution in [2.45, 2.75) is 70.0 Å². The van der Waals surface area contributed by atoms with E-state index in [-0.39, 0.29) is 0 Å². The number of likely N-dealkylation sites (tertiary alicyclic amines) is 1. The van der Waals surface area contributed by atoms with E-state index >= 15 is 0 Å². The van der Waals surface area contributed by atoms with E-state index < -0.39 is 22.9 Å². The lowest BCUT2D eigenvalue weighted by molar-refractivity contribution is -0.141. The smallest absolute Gasteiger partial charge is 0.300 e. The first kappa shape index (κ1) is 22.9. The van der Waals surface area contributed by atoms with Gasteiger partial charge in [-0.3, -0.25) is 4.79 Å². The Morgan fingerprint density at radius 1 is 1.18 bits per heavy atom. The molecule has 1 unspecified atom stereocenters. The maximum absolute atomic E-state index is 13.3. The molecular formula is C22H32BF2NO2. The fourth-order valence-electron chi connectivity index (χ4n) is 4.02. The van der Waals surface area contributed by atoms with Gasteiger partial charge < -0.3 is 10.0 Å². The Morgan fingerprint density at radius 2 is 1.86 bits per heavy atom. The van der Waals surface area contributed by atoms with Gasteiger partial charge in [-0.25, -0.2) is 8.78 Å². The van der Waals surface area contributed by atoms with Crippen LogP contribution in [-0.4, -0.2) is 43.5 Å². The summed E-state index contributed by atoms with van der Waals surface area (Å²) < 4.78 is 26.4. The van der Waals surface area contributed by atoms with Gasteiger partial charge in [-0.1, -0.05) is 32.3 Å². The van der Waals surface area contributed by atoms with Gasteiger partial charge in [-0.15, -0.1) is 0 Å². The normalized spacial score (nSPS) is 18.1. The molecule has 1 aliphatic heterocycles. The van der Waals surface area contributed by atoms with Gasteiger partial charge in [0, 0.05) is 5.31 Å². The van der Waals surface area contributed by atoms with Crippen LogP contribution in [0.4, 0.5) is 8.78 Å². The van der Waals surface area contributed by atoms with E-state index in [0.29, 0.717) is 18.8 Å². The summed E-state index contributed by atoms with van der Waals surface area (Å²) in [6, 6.07) is 4.18. The van der Waals surface area contributed by atoms with Crippen LogP contribution in [0, 0.1) is 17.6 Å². The van der Waals surface area contributed by atoms with Gasteiger partial charge in [0.15, 0.2) is 11.6 Å². The Labute approximate surface area is 168 Å².